The van der Waals surface area contributed by atoms with Gasteiger partial charge in [0.05, 0.1) is 12.2 Å². The highest BCUT2D eigenvalue weighted by atomic mass is 16.4. The van der Waals surface area contributed by atoms with Crippen LogP contribution >= 0.6 is 0 Å². The highest BCUT2D eigenvalue weighted by molar-refractivity contribution is 5.05. The molecular weight excluding hydrogens is 214 g/mol. The predicted molar refractivity (Wildman–Crippen MR) is 68.0 cm³/mol. The maximum Gasteiger partial charge on any atom is 0.208 e. The maximum atomic E-state index is 5.65. The Balaban J connectivity index is 1.97. The molecule has 4 nitrogen and oxygen atoms in total. The van der Waals surface area contributed by atoms with Crippen molar-refractivity contribution in [3.05, 3.63) is 17.3 Å². The molecule has 1 aliphatic heterocycles. The summed E-state index contributed by atoms with van der Waals surface area (Å²) in [5.74, 6) is 1.80. The summed E-state index contributed by atoms with van der Waals surface area (Å²) in [4.78, 5) is 6.90. The van der Waals surface area contributed by atoms with E-state index in [2.05, 4.69) is 22.1 Å². The molecule has 1 saturated heterocycles. The van der Waals surface area contributed by atoms with Crippen LogP contribution in [0.25, 0.3) is 0 Å². The minimum atomic E-state index is 0.606. The molecular formula is C13H23N3O. The zero-order valence-electron chi connectivity index (χ0n) is 11.1. The van der Waals surface area contributed by atoms with Crippen LogP contribution in [-0.2, 0) is 6.54 Å². The van der Waals surface area contributed by atoms with Crippen LogP contribution in [-0.4, -0.2) is 35.6 Å². The van der Waals surface area contributed by atoms with Crippen molar-refractivity contribution in [3.8, 4) is 0 Å². The molecule has 1 N–H and O–H groups in total. The van der Waals surface area contributed by atoms with Gasteiger partial charge in [-0.3, -0.25) is 4.90 Å². The summed E-state index contributed by atoms with van der Waals surface area (Å²) in [6.45, 7) is 10.4. The third-order valence-corrected chi connectivity index (χ3v) is 3.49. The van der Waals surface area contributed by atoms with E-state index in [1.54, 1.807) is 0 Å². The molecule has 4 heteroatoms. The minimum Gasteiger partial charge on any atom is -0.444 e. The van der Waals surface area contributed by atoms with Gasteiger partial charge >= 0.3 is 0 Å². The predicted octanol–water partition coefficient (Wildman–Crippen LogP) is 1.87. The van der Waals surface area contributed by atoms with Gasteiger partial charge in [-0.05, 0) is 39.8 Å². The molecule has 0 aliphatic carbocycles. The summed E-state index contributed by atoms with van der Waals surface area (Å²) in [6.07, 6.45) is 2.38. The molecule has 96 valence electrons. The average Bonchev–Trinajstić information content (AvgIpc) is 2.54. The lowest BCUT2D eigenvalue weighted by Crippen LogP contribution is -2.36. The van der Waals surface area contributed by atoms with Gasteiger partial charge in [-0.1, -0.05) is 6.92 Å². The van der Waals surface area contributed by atoms with Gasteiger partial charge in [0.15, 0.2) is 0 Å². The fourth-order valence-electron chi connectivity index (χ4n) is 2.29. The maximum absolute atomic E-state index is 5.65. The normalized spacial score (nSPS) is 22.6. The van der Waals surface area contributed by atoms with Crippen molar-refractivity contribution < 1.29 is 4.42 Å². The molecule has 1 aliphatic rings. The topological polar surface area (TPSA) is 41.3 Å². The minimum absolute atomic E-state index is 0.606. The number of rotatable bonds is 3. The molecule has 1 aromatic rings. The summed E-state index contributed by atoms with van der Waals surface area (Å²) in [5, 5.41) is 3.57. The zero-order chi connectivity index (χ0) is 12.3. The number of oxazole rings is 1. The first-order valence-electron chi connectivity index (χ1n) is 6.57. The Labute approximate surface area is 103 Å². The Morgan fingerprint density at radius 1 is 1.47 bits per heavy atom. The number of hydrogen-bond donors (Lipinski definition) is 1. The molecule has 17 heavy (non-hydrogen) atoms. The van der Waals surface area contributed by atoms with Crippen molar-refractivity contribution in [3.63, 3.8) is 0 Å². The molecule has 0 radical (unpaired) electrons. The molecule has 1 unspecified atom stereocenters. The van der Waals surface area contributed by atoms with Gasteiger partial charge in [-0.25, -0.2) is 4.98 Å². The van der Waals surface area contributed by atoms with Crippen molar-refractivity contribution in [2.24, 2.45) is 0 Å². The highest BCUT2D eigenvalue weighted by Gasteiger charge is 2.18. The summed E-state index contributed by atoms with van der Waals surface area (Å²) < 4.78 is 5.65. The average molecular weight is 237 g/mol. The van der Waals surface area contributed by atoms with Crippen LogP contribution in [0.1, 0.15) is 37.1 Å². The lowest BCUT2D eigenvalue weighted by atomic mass is 10.2. The molecule has 0 aromatic carbocycles. The summed E-state index contributed by atoms with van der Waals surface area (Å²) in [5.41, 5.74) is 1.01. The first kappa shape index (κ1) is 12.6. The second-order valence-corrected chi connectivity index (χ2v) is 4.90. The summed E-state index contributed by atoms with van der Waals surface area (Å²) in [6, 6.07) is 0.606. The SMILES string of the molecule is CCC1CN(Cc2nc(C)c(C)o2)CCCN1. The van der Waals surface area contributed by atoms with E-state index in [0.29, 0.717) is 6.04 Å². The van der Waals surface area contributed by atoms with Gasteiger partial charge in [0.1, 0.15) is 5.76 Å². The summed E-state index contributed by atoms with van der Waals surface area (Å²) >= 11 is 0. The third kappa shape index (κ3) is 3.30. The van der Waals surface area contributed by atoms with E-state index in [9.17, 15) is 0 Å². The van der Waals surface area contributed by atoms with E-state index in [-0.39, 0.29) is 0 Å². The van der Waals surface area contributed by atoms with Crippen LogP contribution < -0.4 is 5.32 Å². The van der Waals surface area contributed by atoms with Crippen LogP contribution in [0.5, 0.6) is 0 Å². The molecule has 2 heterocycles. The van der Waals surface area contributed by atoms with E-state index in [1.165, 1.54) is 12.8 Å². The molecule has 1 atom stereocenters. The molecule has 1 fully saturated rings. The van der Waals surface area contributed by atoms with Gasteiger partial charge < -0.3 is 9.73 Å². The van der Waals surface area contributed by atoms with E-state index >= 15 is 0 Å². The second kappa shape index (κ2) is 5.65. The summed E-state index contributed by atoms with van der Waals surface area (Å²) in [7, 11) is 0. The molecule has 0 bridgehead atoms. The number of aromatic nitrogens is 1. The lowest BCUT2D eigenvalue weighted by molar-refractivity contribution is 0.231. The highest BCUT2D eigenvalue weighted by Crippen LogP contribution is 2.12. The largest absolute Gasteiger partial charge is 0.444 e. The monoisotopic (exact) mass is 237 g/mol. The van der Waals surface area contributed by atoms with Gasteiger partial charge in [-0.2, -0.15) is 0 Å². The first-order chi connectivity index (χ1) is 8.19. The molecule has 2 rings (SSSR count). The van der Waals surface area contributed by atoms with Crippen molar-refractivity contribution in [2.75, 3.05) is 19.6 Å². The number of nitrogens with zero attached hydrogens (tertiary/aromatic N) is 2. The Morgan fingerprint density at radius 2 is 2.29 bits per heavy atom. The Bertz CT molecular complexity index is 342. The number of aryl methyl sites for hydroxylation is 2. The third-order valence-electron chi connectivity index (χ3n) is 3.49. The Kier molecular flexibility index (Phi) is 4.18. The van der Waals surface area contributed by atoms with Gasteiger partial charge in [0.25, 0.3) is 0 Å². The van der Waals surface area contributed by atoms with Crippen LogP contribution in [0.2, 0.25) is 0 Å². The van der Waals surface area contributed by atoms with Crippen molar-refractivity contribution >= 4 is 0 Å². The van der Waals surface area contributed by atoms with Crippen LogP contribution in [0.4, 0.5) is 0 Å². The quantitative estimate of drug-likeness (QED) is 0.871. The van der Waals surface area contributed by atoms with E-state index < -0.39 is 0 Å². The molecule has 1 aromatic heterocycles. The van der Waals surface area contributed by atoms with Crippen LogP contribution in [0, 0.1) is 13.8 Å². The number of nitrogens with one attached hydrogen (secondary N) is 1. The fraction of sp³-hybridized carbons (Fsp3) is 0.769. The van der Waals surface area contributed by atoms with Gasteiger partial charge in [0, 0.05) is 12.6 Å². The molecule has 0 spiro atoms. The van der Waals surface area contributed by atoms with Crippen LogP contribution in [0.15, 0.2) is 4.42 Å². The standard InChI is InChI=1S/C13H23N3O/c1-4-12-8-16(7-5-6-14-12)9-13-15-10(2)11(3)17-13/h12,14H,4-9H2,1-3H3. The van der Waals surface area contributed by atoms with Crippen molar-refractivity contribution in [1.29, 1.82) is 0 Å². The van der Waals surface area contributed by atoms with E-state index in [0.717, 1.165) is 43.5 Å². The van der Waals surface area contributed by atoms with Crippen molar-refractivity contribution in [2.45, 2.75) is 46.2 Å². The zero-order valence-corrected chi connectivity index (χ0v) is 11.1. The Hall–Kier alpha value is -0.870. The van der Waals surface area contributed by atoms with E-state index in [1.807, 2.05) is 13.8 Å². The van der Waals surface area contributed by atoms with Gasteiger partial charge in [0.2, 0.25) is 5.89 Å². The molecule has 0 saturated carbocycles. The Morgan fingerprint density at radius 3 is 2.94 bits per heavy atom. The lowest BCUT2D eigenvalue weighted by Gasteiger charge is -2.22. The van der Waals surface area contributed by atoms with Crippen LogP contribution in [0.3, 0.4) is 0 Å². The molecule has 0 amide bonds. The second-order valence-electron chi connectivity index (χ2n) is 4.90. The number of hydrogen-bond acceptors (Lipinski definition) is 4. The van der Waals surface area contributed by atoms with E-state index in [4.69, 9.17) is 4.42 Å². The van der Waals surface area contributed by atoms with Crippen molar-refractivity contribution in [1.82, 2.24) is 15.2 Å². The smallest absolute Gasteiger partial charge is 0.208 e. The fourth-order valence-corrected chi connectivity index (χ4v) is 2.29. The first-order valence-corrected chi connectivity index (χ1v) is 6.57. The van der Waals surface area contributed by atoms with Gasteiger partial charge in [-0.15, -0.1) is 0 Å².